The smallest absolute Gasteiger partial charge is 0.327 e. The highest BCUT2D eigenvalue weighted by molar-refractivity contribution is 5.86. The van der Waals surface area contributed by atoms with Crippen molar-refractivity contribution in [3.05, 3.63) is 47.5 Å². The largest absolute Gasteiger partial charge is 0.465 e. The molecule has 1 unspecified atom stereocenters. The van der Waals surface area contributed by atoms with Crippen molar-refractivity contribution in [2.75, 3.05) is 13.7 Å². The third-order valence-corrected chi connectivity index (χ3v) is 3.16. The lowest BCUT2D eigenvalue weighted by atomic mass is 10.0. The van der Waals surface area contributed by atoms with Gasteiger partial charge in [-0.25, -0.2) is 4.79 Å². The van der Waals surface area contributed by atoms with Gasteiger partial charge < -0.3 is 10.1 Å². The summed E-state index contributed by atoms with van der Waals surface area (Å²) in [5.41, 5.74) is 2.16. The van der Waals surface area contributed by atoms with E-state index in [4.69, 9.17) is 4.74 Å². The Bertz CT molecular complexity index is 592. The zero-order valence-electron chi connectivity index (χ0n) is 11.6. The van der Waals surface area contributed by atoms with Gasteiger partial charge in [0.05, 0.1) is 6.61 Å². The number of hydrogen-bond donors (Lipinski definition) is 1. The van der Waals surface area contributed by atoms with Crippen molar-refractivity contribution >= 4 is 16.7 Å². The highest BCUT2D eigenvalue weighted by atomic mass is 16.5. The second-order valence-corrected chi connectivity index (χ2v) is 4.58. The fourth-order valence-corrected chi connectivity index (χ4v) is 2.21. The number of rotatable bonds is 4. The van der Waals surface area contributed by atoms with Crippen molar-refractivity contribution < 1.29 is 9.53 Å². The molecule has 0 spiro atoms. The fourth-order valence-electron chi connectivity index (χ4n) is 2.21. The number of fused-ring (bicyclic) bond motifs is 1. The lowest BCUT2D eigenvalue weighted by Gasteiger charge is -2.15. The van der Waals surface area contributed by atoms with Gasteiger partial charge in [-0.15, -0.1) is 0 Å². The van der Waals surface area contributed by atoms with Gasteiger partial charge in [-0.05, 0) is 43.3 Å². The van der Waals surface area contributed by atoms with E-state index in [0.717, 1.165) is 10.9 Å². The maximum Gasteiger partial charge on any atom is 0.327 e. The van der Waals surface area contributed by atoms with Gasteiger partial charge in [0.25, 0.3) is 0 Å². The van der Waals surface area contributed by atoms with Crippen molar-refractivity contribution in [1.29, 1.82) is 0 Å². The second-order valence-electron chi connectivity index (χ2n) is 4.58. The monoisotopic (exact) mass is 257 g/mol. The number of carbonyl (C=O) groups excluding carboxylic acids is 1. The molecule has 3 heteroatoms. The molecule has 3 nitrogen and oxygen atoms in total. The number of nitrogens with one attached hydrogen (secondary N) is 1. The van der Waals surface area contributed by atoms with E-state index in [1.165, 1.54) is 10.9 Å². The lowest BCUT2D eigenvalue weighted by molar-refractivity contribution is -0.145. The van der Waals surface area contributed by atoms with E-state index in [9.17, 15) is 4.79 Å². The Labute approximate surface area is 113 Å². The van der Waals surface area contributed by atoms with E-state index >= 15 is 0 Å². The van der Waals surface area contributed by atoms with Crippen LogP contribution in [-0.4, -0.2) is 19.6 Å². The van der Waals surface area contributed by atoms with Crippen molar-refractivity contribution in [3.63, 3.8) is 0 Å². The highest BCUT2D eigenvalue weighted by Crippen LogP contribution is 2.22. The SMILES string of the molecule is CCOC(=O)C(NC)c1ccc2cc(C)ccc2c1. The summed E-state index contributed by atoms with van der Waals surface area (Å²) >= 11 is 0. The van der Waals surface area contributed by atoms with Gasteiger partial charge in [0.2, 0.25) is 0 Å². The van der Waals surface area contributed by atoms with Gasteiger partial charge in [0.1, 0.15) is 6.04 Å². The molecule has 2 aromatic rings. The van der Waals surface area contributed by atoms with Crippen LogP contribution in [0.1, 0.15) is 24.1 Å². The zero-order valence-corrected chi connectivity index (χ0v) is 11.6. The van der Waals surface area contributed by atoms with Crippen molar-refractivity contribution in [3.8, 4) is 0 Å². The molecule has 100 valence electrons. The predicted octanol–water partition coefficient (Wildman–Crippen LogP) is 2.97. The number of aryl methyl sites for hydroxylation is 1. The first-order chi connectivity index (χ1) is 9.15. The van der Waals surface area contributed by atoms with E-state index in [1.807, 2.05) is 25.1 Å². The Morgan fingerprint density at radius 2 is 1.89 bits per heavy atom. The molecule has 0 aromatic heterocycles. The summed E-state index contributed by atoms with van der Waals surface area (Å²) in [5.74, 6) is -0.239. The zero-order chi connectivity index (χ0) is 13.8. The van der Waals surface area contributed by atoms with E-state index < -0.39 is 6.04 Å². The number of likely N-dealkylation sites (N-methyl/N-ethyl adjacent to an activating group) is 1. The predicted molar refractivity (Wildman–Crippen MR) is 77.1 cm³/mol. The minimum Gasteiger partial charge on any atom is -0.465 e. The second kappa shape index (κ2) is 5.85. The summed E-state index contributed by atoms with van der Waals surface area (Å²) in [6.45, 7) is 4.28. The summed E-state index contributed by atoms with van der Waals surface area (Å²) in [7, 11) is 1.76. The van der Waals surface area contributed by atoms with Crippen LogP contribution in [0.5, 0.6) is 0 Å². The normalized spacial score (nSPS) is 12.4. The van der Waals surface area contributed by atoms with E-state index in [0.29, 0.717) is 6.61 Å². The quantitative estimate of drug-likeness (QED) is 0.856. The molecule has 2 aromatic carbocycles. The maximum atomic E-state index is 11.9. The molecule has 0 aliphatic heterocycles. The van der Waals surface area contributed by atoms with E-state index in [1.54, 1.807) is 7.05 Å². The van der Waals surface area contributed by atoms with Crippen molar-refractivity contribution in [1.82, 2.24) is 5.32 Å². The summed E-state index contributed by atoms with van der Waals surface area (Å²) < 4.78 is 5.08. The van der Waals surface area contributed by atoms with Crippen molar-refractivity contribution in [2.45, 2.75) is 19.9 Å². The molecular weight excluding hydrogens is 238 g/mol. The summed E-state index contributed by atoms with van der Waals surface area (Å²) in [4.78, 5) is 11.9. The molecule has 0 saturated heterocycles. The molecule has 0 aliphatic carbocycles. The first-order valence-electron chi connectivity index (χ1n) is 6.50. The van der Waals surface area contributed by atoms with Crippen LogP contribution in [0.2, 0.25) is 0 Å². The summed E-state index contributed by atoms with van der Waals surface area (Å²) in [5, 5.41) is 5.32. The van der Waals surface area contributed by atoms with Crippen LogP contribution in [0.15, 0.2) is 36.4 Å². The molecular formula is C16H19NO2. The third kappa shape index (κ3) is 2.93. The van der Waals surface area contributed by atoms with Crippen molar-refractivity contribution in [2.24, 2.45) is 0 Å². The standard InChI is InChI=1S/C16H19NO2/c1-4-19-16(18)15(17-3)14-8-7-12-9-11(2)5-6-13(12)10-14/h5-10,15,17H,4H2,1-3H3. The van der Waals surface area contributed by atoms with Crippen LogP contribution in [-0.2, 0) is 9.53 Å². The van der Waals surface area contributed by atoms with Gasteiger partial charge in [0, 0.05) is 0 Å². The number of esters is 1. The van der Waals surface area contributed by atoms with Crippen LogP contribution < -0.4 is 5.32 Å². The molecule has 2 rings (SSSR count). The Morgan fingerprint density at radius 3 is 2.58 bits per heavy atom. The molecule has 0 radical (unpaired) electrons. The van der Waals surface area contributed by atoms with Gasteiger partial charge in [-0.1, -0.05) is 35.9 Å². The minimum absolute atomic E-state index is 0.239. The minimum atomic E-state index is -0.411. The van der Waals surface area contributed by atoms with E-state index in [-0.39, 0.29) is 5.97 Å². The number of benzene rings is 2. The molecule has 19 heavy (non-hydrogen) atoms. The van der Waals surface area contributed by atoms with Crippen LogP contribution in [0, 0.1) is 6.92 Å². The topological polar surface area (TPSA) is 38.3 Å². The molecule has 0 aliphatic rings. The molecule has 0 amide bonds. The third-order valence-electron chi connectivity index (χ3n) is 3.16. The average Bonchev–Trinajstić information content (AvgIpc) is 2.40. The average molecular weight is 257 g/mol. The number of ether oxygens (including phenoxy) is 1. The Balaban J connectivity index is 2.38. The van der Waals surface area contributed by atoms with Gasteiger partial charge in [-0.2, -0.15) is 0 Å². The molecule has 1 atom stereocenters. The number of hydrogen-bond acceptors (Lipinski definition) is 3. The van der Waals surface area contributed by atoms with E-state index in [2.05, 4.69) is 30.4 Å². The van der Waals surface area contributed by atoms with Crippen LogP contribution in [0.25, 0.3) is 10.8 Å². The Morgan fingerprint density at radius 1 is 1.21 bits per heavy atom. The van der Waals surface area contributed by atoms with Gasteiger partial charge in [0.15, 0.2) is 0 Å². The molecule has 0 heterocycles. The Kier molecular flexibility index (Phi) is 4.17. The van der Waals surface area contributed by atoms with Crippen LogP contribution in [0.3, 0.4) is 0 Å². The first kappa shape index (κ1) is 13.6. The molecule has 0 fully saturated rings. The van der Waals surface area contributed by atoms with Gasteiger partial charge >= 0.3 is 5.97 Å². The van der Waals surface area contributed by atoms with Crippen LogP contribution in [0.4, 0.5) is 0 Å². The number of carbonyl (C=O) groups is 1. The summed E-state index contributed by atoms with van der Waals surface area (Å²) in [6, 6.07) is 11.9. The van der Waals surface area contributed by atoms with Gasteiger partial charge in [-0.3, -0.25) is 0 Å². The molecule has 0 bridgehead atoms. The lowest BCUT2D eigenvalue weighted by Crippen LogP contribution is -2.27. The maximum absolute atomic E-state index is 11.9. The summed E-state index contributed by atoms with van der Waals surface area (Å²) in [6.07, 6.45) is 0. The molecule has 0 saturated carbocycles. The Hall–Kier alpha value is -1.87. The highest BCUT2D eigenvalue weighted by Gasteiger charge is 2.19. The van der Waals surface area contributed by atoms with Crippen LogP contribution >= 0.6 is 0 Å². The first-order valence-corrected chi connectivity index (χ1v) is 6.50. The fraction of sp³-hybridized carbons (Fsp3) is 0.312. The molecule has 1 N–H and O–H groups in total.